The van der Waals surface area contributed by atoms with E-state index in [0.717, 1.165) is 0 Å². The van der Waals surface area contributed by atoms with Crippen LogP contribution >= 0.6 is 0 Å². The van der Waals surface area contributed by atoms with Gasteiger partial charge in [0.05, 0.1) is 0 Å². The average molecular weight is 248 g/mol. The summed E-state index contributed by atoms with van der Waals surface area (Å²) in [5.41, 5.74) is 0. The molecule has 0 bridgehead atoms. The summed E-state index contributed by atoms with van der Waals surface area (Å²) in [6, 6.07) is 0. The Bertz CT molecular complexity index is 267. The Balaban J connectivity index is -0.000000126. The molecule has 12 heavy (non-hydrogen) atoms. The van der Waals surface area contributed by atoms with Gasteiger partial charge in [0, 0.05) is 0 Å². The first-order valence-corrected chi connectivity index (χ1v) is 3.65. The number of carbonyl (C=O) groups is 2. The third kappa shape index (κ3) is 47.1. The van der Waals surface area contributed by atoms with Crippen molar-refractivity contribution in [1.82, 2.24) is 0 Å². The molecule has 0 amide bonds. The van der Waals surface area contributed by atoms with Crippen molar-refractivity contribution >= 4 is 11.9 Å². The molecule has 0 aromatic heterocycles. The predicted molar refractivity (Wildman–Crippen MR) is 17.3 cm³/mol. The monoisotopic (exact) mass is 248 g/mol. The topological polar surface area (TPSA) is 149 Å². The average Bonchev–Trinajstić information content (AvgIpc) is 1.59. The van der Waals surface area contributed by atoms with Crippen molar-refractivity contribution in [2.45, 2.75) is 0 Å². The van der Waals surface area contributed by atoms with E-state index in [4.69, 9.17) is 35.5 Å². The van der Waals surface area contributed by atoms with E-state index in [2.05, 4.69) is 0 Å². The molecule has 0 aliphatic carbocycles. The number of hydrogen-bond acceptors (Lipinski definition) is 6. The fourth-order valence-electron chi connectivity index (χ4n) is 0. The fraction of sp³-hybridized carbons (Fsp3) is 0. The second-order valence-electron chi connectivity index (χ2n) is 0.988. The van der Waals surface area contributed by atoms with Gasteiger partial charge in [0.15, 0.2) is 0 Å². The summed E-state index contributed by atoms with van der Waals surface area (Å²) in [6.07, 6.45) is 0. The molecular formula is C2H2KMnO8. The Kier molecular flexibility index (Phi) is 12.3. The zero-order valence-electron chi connectivity index (χ0n) is 5.72. The third-order valence-electron chi connectivity index (χ3n) is 0.183. The van der Waals surface area contributed by atoms with Crippen molar-refractivity contribution in [1.29, 1.82) is 0 Å². The van der Waals surface area contributed by atoms with Gasteiger partial charge in [-0.15, -0.1) is 0 Å². The van der Waals surface area contributed by atoms with Gasteiger partial charge in [-0.3, -0.25) is 0 Å². The maximum absolute atomic E-state index is 9.10. The zero-order valence-corrected chi connectivity index (χ0v) is 10.0. The van der Waals surface area contributed by atoms with Gasteiger partial charge in [0.25, 0.3) is 0 Å². The number of rotatable bonds is 0. The van der Waals surface area contributed by atoms with Crippen LogP contribution in [-0.4, -0.2) is 22.2 Å². The van der Waals surface area contributed by atoms with Crippen LogP contribution in [0.1, 0.15) is 0 Å². The Labute approximate surface area is 110 Å². The molecule has 0 aliphatic heterocycles. The van der Waals surface area contributed by atoms with Gasteiger partial charge in [-0.05, 0) is 0 Å². The minimum absolute atomic E-state index is 0. The molecule has 0 aliphatic rings. The van der Waals surface area contributed by atoms with E-state index < -0.39 is 24.9 Å². The van der Waals surface area contributed by atoms with Gasteiger partial charge >= 0.3 is 92.0 Å². The Hall–Kier alpha value is 0.456. The van der Waals surface area contributed by atoms with Crippen molar-refractivity contribution in [3.63, 3.8) is 0 Å². The Morgan fingerprint density at radius 2 is 1.08 bits per heavy atom. The van der Waals surface area contributed by atoms with Crippen molar-refractivity contribution < 1.29 is 99.9 Å². The van der Waals surface area contributed by atoms with Crippen molar-refractivity contribution in [3.05, 3.63) is 0 Å². The van der Waals surface area contributed by atoms with E-state index in [1.807, 2.05) is 0 Å². The van der Waals surface area contributed by atoms with Gasteiger partial charge in [0.1, 0.15) is 0 Å². The normalized spacial score (nSPS) is 8.42. The van der Waals surface area contributed by atoms with Crippen molar-refractivity contribution in [2.24, 2.45) is 0 Å². The molecule has 2 N–H and O–H groups in total. The molecule has 10 heteroatoms. The van der Waals surface area contributed by atoms with E-state index in [0.29, 0.717) is 0 Å². The second-order valence-corrected chi connectivity index (χ2v) is 2.17. The van der Waals surface area contributed by atoms with Gasteiger partial charge < -0.3 is 10.2 Å². The van der Waals surface area contributed by atoms with Crippen molar-refractivity contribution in [2.75, 3.05) is 0 Å². The summed E-state index contributed by atoms with van der Waals surface area (Å²) in [4.78, 5) is 18.2. The summed E-state index contributed by atoms with van der Waals surface area (Å²) in [7, 11) is 0. The molecule has 0 atom stereocenters. The third-order valence-corrected chi connectivity index (χ3v) is 0.183. The molecule has 0 unspecified atom stereocenters. The van der Waals surface area contributed by atoms with Gasteiger partial charge in [-0.1, -0.05) is 0 Å². The molecular weight excluding hydrogens is 246 g/mol. The van der Waals surface area contributed by atoms with Gasteiger partial charge in [-0.25, -0.2) is 9.59 Å². The van der Waals surface area contributed by atoms with Gasteiger partial charge in [0.2, 0.25) is 0 Å². The van der Waals surface area contributed by atoms with Crippen molar-refractivity contribution in [3.8, 4) is 0 Å². The van der Waals surface area contributed by atoms with E-state index in [-0.39, 0.29) is 51.4 Å². The van der Waals surface area contributed by atoms with Crippen LogP contribution in [0.5, 0.6) is 0 Å². The van der Waals surface area contributed by atoms with Crippen LogP contribution in [0.3, 0.4) is 0 Å². The van der Waals surface area contributed by atoms with Crippen LogP contribution < -0.4 is 55.6 Å². The SMILES string of the molecule is O=C(O)C(=O)O.[K+].[O]=[Mn](=[O])(=[O])[O-]. The number of carboxylic acids is 2. The number of aliphatic carboxylic acids is 2. The zero-order chi connectivity index (χ0) is 9.65. The summed E-state index contributed by atoms with van der Waals surface area (Å²) >= 11 is -5.62. The minimum atomic E-state index is -5.62. The molecule has 66 valence electrons. The van der Waals surface area contributed by atoms with Crippen LogP contribution in [0.25, 0.3) is 0 Å². The number of hydrogen-bond donors (Lipinski definition) is 2. The summed E-state index contributed by atoms with van der Waals surface area (Å²) in [5.74, 6) is -3.65. The fourth-order valence-corrected chi connectivity index (χ4v) is 0. The van der Waals surface area contributed by atoms with Crippen LogP contribution in [0.2, 0.25) is 0 Å². The molecule has 0 saturated carbocycles. The summed E-state index contributed by atoms with van der Waals surface area (Å²) in [6.45, 7) is 0. The maximum atomic E-state index is 9.10. The first kappa shape index (κ1) is 18.3. The van der Waals surface area contributed by atoms with E-state index in [1.165, 1.54) is 0 Å². The first-order valence-electron chi connectivity index (χ1n) is 1.72. The van der Waals surface area contributed by atoms with E-state index in [1.54, 1.807) is 0 Å². The van der Waals surface area contributed by atoms with Gasteiger partial charge in [-0.2, -0.15) is 0 Å². The molecule has 0 radical (unpaired) electrons. The van der Waals surface area contributed by atoms with Crippen LogP contribution in [0.15, 0.2) is 0 Å². The molecule has 8 nitrogen and oxygen atoms in total. The van der Waals surface area contributed by atoms with E-state index in [9.17, 15) is 0 Å². The van der Waals surface area contributed by atoms with Crippen LogP contribution in [0, 0.1) is 0 Å². The summed E-state index contributed by atoms with van der Waals surface area (Å²) in [5, 5.41) is 14.8. The molecule has 0 aromatic carbocycles. The van der Waals surface area contributed by atoms with Crippen LogP contribution in [-0.2, 0) is 34.1 Å². The second kappa shape index (κ2) is 8.07. The Morgan fingerprint density at radius 1 is 1.00 bits per heavy atom. The van der Waals surface area contributed by atoms with E-state index >= 15 is 0 Å². The first-order chi connectivity index (χ1) is 4.64. The quantitative estimate of drug-likeness (QED) is 0.318. The van der Waals surface area contributed by atoms with Crippen LogP contribution in [0.4, 0.5) is 0 Å². The molecule has 0 rings (SSSR count). The molecule has 0 heterocycles. The number of carboxylic acid groups (broad SMARTS) is 2. The molecule has 0 saturated heterocycles. The predicted octanol–water partition coefficient (Wildman–Crippen LogP) is -5.39. The summed E-state index contributed by atoms with van der Waals surface area (Å²) < 4.78 is 34.3. The standard InChI is InChI=1S/C2H2O4.K.Mn.4O/c3-1(4)2(5)6;;;;;;/h(H,3,4)(H,5,6);;;;;;/q;+1;;;;;-1. The molecule has 0 fully saturated rings. The molecule has 0 aromatic rings. The molecule has 0 spiro atoms. The Morgan fingerprint density at radius 3 is 1.08 bits per heavy atom.